The van der Waals surface area contributed by atoms with E-state index in [1.54, 1.807) is 11.3 Å². The number of hydrogen-bond donors (Lipinski definition) is 1. The number of rotatable bonds is 12. The molecule has 0 aliphatic rings. The average Bonchev–Trinajstić information content (AvgIpc) is 2.80. The molecule has 1 aromatic heterocycles. The Morgan fingerprint density at radius 3 is 2.14 bits per heavy atom. The second kappa shape index (κ2) is 11.9. The molecule has 0 spiro atoms. The van der Waals surface area contributed by atoms with Crippen LogP contribution in [0.2, 0.25) is 4.34 Å². The van der Waals surface area contributed by atoms with E-state index in [0.717, 1.165) is 8.81 Å². The SMILES string of the molecule is CCCCCCCCCCCC(NC)c1cc(Br)c(Cl)s1. The van der Waals surface area contributed by atoms with Crippen LogP contribution in [-0.4, -0.2) is 7.05 Å². The smallest absolute Gasteiger partial charge is 0.107 e. The van der Waals surface area contributed by atoms with Gasteiger partial charge in [-0.05, 0) is 35.5 Å². The molecule has 0 radical (unpaired) electrons. The van der Waals surface area contributed by atoms with Crippen molar-refractivity contribution in [2.45, 2.75) is 77.2 Å². The molecule has 1 aromatic rings. The van der Waals surface area contributed by atoms with Gasteiger partial charge in [-0.1, -0.05) is 76.3 Å². The Morgan fingerprint density at radius 2 is 1.67 bits per heavy atom. The minimum Gasteiger partial charge on any atom is -0.312 e. The highest BCUT2D eigenvalue weighted by Gasteiger charge is 2.13. The van der Waals surface area contributed by atoms with Crippen molar-refractivity contribution in [1.82, 2.24) is 5.32 Å². The van der Waals surface area contributed by atoms with Gasteiger partial charge in [0.05, 0.1) is 0 Å². The summed E-state index contributed by atoms with van der Waals surface area (Å²) in [6.45, 7) is 2.28. The lowest BCUT2D eigenvalue weighted by Gasteiger charge is -2.14. The number of hydrogen-bond acceptors (Lipinski definition) is 2. The Labute approximate surface area is 148 Å². The fraction of sp³-hybridized carbons (Fsp3) is 0.765. The number of unbranched alkanes of at least 4 members (excludes halogenated alkanes) is 8. The molecule has 0 aliphatic carbocycles. The van der Waals surface area contributed by atoms with Crippen LogP contribution in [0, 0.1) is 0 Å². The Balaban J connectivity index is 2.10. The summed E-state index contributed by atoms with van der Waals surface area (Å²) in [4.78, 5) is 1.34. The molecule has 1 N–H and O–H groups in total. The van der Waals surface area contributed by atoms with Crippen molar-refractivity contribution >= 4 is 38.9 Å². The number of nitrogens with one attached hydrogen (secondary N) is 1. The summed E-state index contributed by atoms with van der Waals surface area (Å²) < 4.78 is 1.88. The molecule has 0 saturated heterocycles. The van der Waals surface area contributed by atoms with Crippen LogP contribution in [0.15, 0.2) is 10.5 Å². The number of thiophene rings is 1. The van der Waals surface area contributed by atoms with E-state index in [-0.39, 0.29) is 0 Å². The predicted molar refractivity (Wildman–Crippen MR) is 101 cm³/mol. The fourth-order valence-electron chi connectivity index (χ4n) is 2.62. The molecule has 0 bridgehead atoms. The van der Waals surface area contributed by atoms with E-state index in [1.807, 2.05) is 7.05 Å². The zero-order chi connectivity index (χ0) is 15.5. The third kappa shape index (κ3) is 8.01. The summed E-state index contributed by atoms with van der Waals surface area (Å²) >= 11 is 11.3. The zero-order valence-electron chi connectivity index (χ0n) is 13.4. The Morgan fingerprint density at radius 1 is 1.10 bits per heavy atom. The van der Waals surface area contributed by atoms with E-state index in [1.165, 1.54) is 69.1 Å². The lowest BCUT2D eigenvalue weighted by atomic mass is 10.0. The third-order valence-electron chi connectivity index (χ3n) is 3.95. The normalized spacial score (nSPS) is 12.8. The van der Waals surface area contributed by atoms with Crippen molar-refractivity contribution in [2.24, 2.45) is 0 Å². The Hall–Kier alpha value is 0.430. The van der Waals surface area contributed by atoms with Gasteiger partial charge in [0.15, 0.2) is 0 Å². The molecular weight excluding hydrogens is 366 g/mol. The minimum absolute atomic E-state index is 0.448. The van der Waals surface area contributed by atoms with E-state index in [9.17, 15) is 0 Å². The van der Waals surface area contributed by atoms with E-state index in [2.05, 4.69) is 34.2 Å². The standard InChI is InChI=1S/C17H29BrClNS/c1-3-4-5-6-7-8-9-10-11-12-15(20-2)16-13-14(18)17(19)21-16/h13,15,20H,3-12H2,1-2H3. The molecule has 0 amide bonds. The van der Waals surface area contributed by atoms with Gasteiger partial charge in [0.1, 0.15) is 4.34 Å². The lowest BCUT2D eigenvalue weighted by Crippen LogP contribution is -2.14. The van der Waals surface area contributed by atoms with Gasteiger partial charge in [-0.25, -0.2) is 0 Å². The maximum absolute atomic E-state index is 6.13. The maximum atomic E-state index is 6.13. The highest BCUT2D eigenvalue weighted by atomic mass is 79.9. The Bertz CT molecular complexity index is 361. The second-order valence-electron chi connectivity index (χ2n) is 5.73. The van der Waals surface area contributed by atoms with Gasteiger partial charge in [0, 0.05) is 15.4 Å². The summed E-state index contributed by atoms with van der Waals surface area (Å²) in [5, 5.41) is 3.42. The van der Waals surface area contributed by atoms with Crippen molar-refractivity contribution in [3.05, 3.63) is 19.8 Å². The molecule has 1 nitrogen and oxygen atoms in total. The second-order valence-corrected chi connectivity index (χ2v) is 8.27. The van der Waals surface area contributed by atoms with Crippen LogP contribution in [0.25, 0.3) is 0 Å². The third-order valence-corrected chi connectivity index (χ3v) is 6.54. The first-order chi connectivity index (χ1) is 10.2. The first kappa shape index (κ1) is 19.5. The summed E-state index contributed by atoms with van der Waals surface area (Å²) in [5.74, 6) is 0. The summed E-state index contributed by atoms with van der Waals surface area (Å²) in [5.41, 5.74) is 0. The fourth-order valence-corrected chi connectivity index (χ4v) is 4.50. The largest absolute Gasteiger partial charge is 0.312 e. The van der Waals surface area contributed by atoms with Gasteiger partial charge in [-0.3, -0.25) is 0 Å². The van der Waals surface area contributed by atoms with E-state index < -0.39 is 0 Å². The molecule has 122 valence electrons. The first-order valence-electron chi connectivity index (χ1n) is 8.31. The highest BCUT2D eigenvalue weighted by Crippen LogP contribution is 2.36. The van der Waals surface area contributed by atoms with Crippen LogP contribution in [0.3, 0.4) is 0 Å². The molecule has 1 heterocycles. The van der Waals surface area contributed by atoms with Gasteiger partial charge < -0.3 is 5.32 Å². The molecule has 4 heteroatoms. The molecule has 1 rings (SSSR count). The van der Waals surface area contributed by atoms with Crippen molar-refractivity contribution in [2.75, 3.05) is 7.05 Å². The van der Waals surface area contributed by atoms with Crippen molar-refractivity contribution < 1.29 is 0 Å². The zero-order valence-corrected chi connectivity index (χ0v) is 16.5. The molecule has 21 heavy (non-hydrogen) atoms. The summed E-state index contributed by atoms with van der Waals surface area (Å²) in [6.07, 6.45) is 13.7. The molecular formula is C17H29BrClNS. The minimum atomic E-state index is 0.448. The van der Waals surface area contributed by atoms with Crippen LogP contribution in [0.1, 0.15) is 82.1 Å². The number of halogens is 2. The first-order valence-corrected chi connectivity index (χ1v) is 10.3. The van der Waals surface area contributed by atoms with Crippen LogP contribution in [0.4, 0.5) is 0 Å². The maximum Gasteiger partial charge on any atom is 0.107 e. The highest BCUT2D eigenvalue weighted by molar-refractivity contribution is 9.10. The van der Waals surface area contributed by atoms with Gasteiger partial charge in [0.25, 0.3) is 0 Å². The molecule has 0 saturated carbocycles. The van der Waals surface area contributed by atoms with Gasteiger partial charge in [-0.15, -0.1) is 11.3 Å². The van der Waals surface area contributed by atoms with E-state index >= 15 is 0 Å². The molecule has 1 atom stereocenters. The lowest BCUT2D eigenvalue weighted by molar-refractivity contribution is 0.498. The average molecular weight is 395 g/mol. The van der Waals surface area contributed by atoms with Gasteiger partial charge in [0.2, 0.25) is 0 Å². The van der Waals surface area contributed by atoms with Crippen molar-refractivity contribution in [3.63, 3.8) is 0 Å². The van der Waals surface area contributed by atoms with Crippen molar-refractivity contribution in [1.29, 1.82) is 0 Å². The summed E-state index contributed by atoms with van der Waals surface area (Å²) in [6, 6.07) is 2.60. The molecule has 0 aliphatic heterocycles. The molecule has 0 fully saturated rings. The van der Waals surface area contributed by atoms with E-state index in [0.29, 0.717) is 6.04 Å². The van der Waals surface area contributed by atoms with Crippen LogP contribution in [0.5, 0.6) is 0 Å². The van der Waals surface area contributed by atoms with Gasteiger partial charge >= 0.3 is 0 Å². The van der Waals surface area contributed by atoms with E-state index in [4.69, 9.17) is 11.6 Å². The molecule has 0 aromatic carbocycles. The van der Waals surface area contributed by atoms with Crippen LogP contribution in [-0.2, 0) is 0 Å². The van der Waals surface area contributed by atoms with Crippen LogP contribution < -0.4 is 5.32 Å². The Kier molecular flexibility index (Phi) is 11.1. The van der Waals surface area contributed by atoms with Gasteiger partial charge in [-0.2, -0.15) is 0 Å². The monoisotopic (exact) mass is 393 g/mol. The topological polar surface area (TPSA) is 12.0 Å². The predicted octanol–water partition coefficient (Wildman–Crippen LogP) is 7.35. The molecule has 1 unspecified atom stereocenters. The van der Waals surface area contributed by atoms with Crippen LogP contribution >= 0.6 is 38.9 Å². The summed E-state index contributed by atoms with van der Waals surface area (Å²) in [7, 11) is 2.04. The quantitative estimate of drug-likeness (QED) is 0.365. The van der Waals surface area contributed by atoms with Crippen molar-refractivity contribution in [3.8, 4) is 0 Å².